The zero-order valence-corrected chi connectivity index (χ0v) is 25.0. The summed E-state index contributed by atoms with van der Waals surface area (Å²) in [6, 6.07) is 29.9. The van der Waals surface area contributed by atoms with Crippen molar-refractivity contribution in [3.8, 4) is 0 Å². The smallest absolute Gasteiger partial charge is 0.340 e. The first-order chi connectivity index (χ1) is 21.6. The van der Waals surface area contributed by atoms with E-state index in [-0.39, 0.29) is 16.7 Å². The highest BCUT2D eigenvalue weighted by molar-refractivity contribution is 5.92. The van der Waals surface area contributed by atoms with Gasteiger partial charge in [-0.25, -0.2) is 19.2 Å². The molecule has 0 spiro atoms. The van der Waals surface area contributed by atoms with Gasteiger partial charge in [0.25, 0.3) is 0 Å². The van der Waals surface area contributed by atoms with E-state index >= 15 is 0 Å². The summed E-state index contributed by atoms with van der Waals surface area (Å²) in [5.41, 5.74) is 1.01. The molecular formula is C36H32O9. The number of hydrogen-bond acceptors (Lipinski definition) is 9. The summed E-state index contributed by atoms with van der Waals surface area (Å²) in [7, 11) is 0. The zero-order chi connectivity index (χ0) is 32.0. The third kappa shape index (κ3) is 7.27. The van der Waals surface area contributed by atoms with Crippen LogP contribution in [0.15, 0.2) is 109 Å². The number of carbonyl (C=O) groups excluding carboxylic acids is 4. The van der Waals surface area contributed by atoms with E-state index in [1.807, 2.05) is 13.8 Å². The number of aryl methyl sites for hydroxylation is 2. The van der Waals surface area contributed by atoms with Crippen molar-refractivity contribution in [3.05, 3.63) is 143 Å². The molecule has 9 heteroatoms. The van der Waals surface area contributed by atoms with Crippen LogP contribution in [0.3, 0.4) is 0 Å². The van der Waals surface area contributed by atoms with Gasteiger partial charge in [-0.1, -0.05) is 71.8 Å². The fraction of sp³-hybridized carbons (Fsp3) is 0.222. The fourth-order valence-corrected chi connectivity index (χ4v) is 4.82. The monoisotopic (exact) mass is 608 g/mol. The Labute approximate surface area is 260 Å². The van der Waals surface area contributed by atoms with E-state index in [9.17, 15) is 19.2 Å². The van der Waals surface area contributed by atoms with Gasteiger partial charge in [0.2, 0.25) is 11.9 Å². The lowest BCUT2D eigenvalue weighted by Crippen LogP contribution is -2.53. The van der Waals surface area contributed by atoms with Gasteiger partial charge in [-0.05, 0) is 69.3 Å². The van der Waals surface area contributed by atoms with Crippen molar-refractivity contribution >= 4 is 23.9 Å². The zero-order valence-electron chi connectivity index (χ0n) is 25.0. The molecule has 1 heterocycles. The van der Waals surface area contributed by atoms with E-state index < -0.39 is 54.6 Å². The summed E-state index contributed by atoms with van der Waals surface area (Å²) in [5.74, 6) is -2.91. The molecule has 1 aliphatic rings. The van der Waals surface area contributed by atoms with Gasteiger partial charge in [0.15, 0.2) is 6.10 Å². The lowest BCUT2D eigenvalue weighted by atomic mass is 9.96. The van der Waals surface area contributed by atoms with Gasteiger partial charge in [-0.3, -0.25) is 0 Å². The predicted octanol–water partition coefficient (Wildman–Crippen LogP) is 5.88. The second-order valence-corrected chi connectivity index (χ2v) is 10.9. The number of hydrogen-bond donors (Lipinski definition) is 0. The molecule has 45 heavy (non-hydrogen) atoms. The highest BCUT2D eigenvalue weighted by atomic mass is 16.8. The largest absolute Gasteiger partial charge is 0.459 e. The molecule has 0 bridgehead atoms. The summed E-state index contributed by atoms with van der Waals surface area (Å²) in [4.78, 5) is 52.9. The molecule has 4 atom stereocenters. The minimum Gasteiger partial charge on any atom is -0.459 e. The minimum atomic E-state index is -1.86. The van der Waals surface area contributed by atoms with Gasteiger partial charge in [-0.2, -0.15) is 0 Å². The minimum absolute atomic E-state index is 0.213. The van der Waals surface area contributed by atoms with E-state index in [4.69, 9.17) is 23.7 Å². The van der Waals surface area contributed by atoms with Crippen molar-refractivity contribution in [2.75, 3.05) is 6.61 Å². The Balaban J connectivity index is 1.48. The molecular weight excluding hydrogens is 576 g/mol. The lowest BCUT2D eigenvalue weighted by Gasteiger charge is -2.33. The normalized spacial score (nSPS) is 20.6. The first-order valence-corrected chi connectivity index (χ1v) is 14.4. The van der Waals surface area contributed by atoms with Crippen molar-refractivity contribution in [1.29, 1.82) is 0 Å². The summed E-state index contributed by atoms with van der Waals surface area (Å²) >= 11 is 0. The van der Waals surface area contributed by atoms with Crippen LogP contribution in [0, 0.1) is 13.8 Å². The van der Waals surface area contributed by atoms with Crippen LogP contribution in [0.2, 0.25) is 0 Å². The van der Waals surface area contributed by atoms with Gasteiger partial charge in [0.05, 0.1) is 22.3 Å². The van der Waals surface area contributed by atoms with Crippen LogP contribution >= 0.6 is 0 Å². The van der Waals surface area contributed by atoms with Gasteiger partial charge >= 0.3 is 23.9 Å². The van der Waals surface area contributed by atoms with Crippen LogP contribution in [-0.2, 0) is 23.7 Å². The fourth-order valence-electron chi connectivity index (χ4n) is 4.82. The first kappa shape index (κ1) is 31.2. The lowest BCUT2D eigenvalue weighted by molar-refractivity contribution is -0.175. The molecule has 0 saturated carbocycles. The van der Waals surface area contributed by atoms with Crippen LogP contribution in [0.25, 0.3) is 0 Å². The van der Waals surface area contributed by atoms with Gasteiger partial charge < -0.3 is 23.7 Å². The quantitative estimate of drug-likeness (QED) is 0.170. The molecule has 0 unspecified atom stereocenters. The molecule has 4 aromatic carbocycles. The molecule has 1 aliphatic heterocycles. The highest BCUT2D eigenvalue weighted by Gasteiger charge is 2.61. The maximum atomic E-state index is 13.4. The van der Waals surface area contributed by atoms with Crippen LogP contribution in [-0.4, -0.2) is 54.6 Å². The van der Waals surface area contributed by atoms with Crippen LogP contribution in [0.5, 0.6) is 0 Å². The van der Waals surface area contributed by atoms with E-state index in [0.717, 1.165) is 11.1 Å². The van der Waals surface area contributed by atoms with E-state index in [2.05, 4.69) is 0 Å². The van der Waals surface area contributed by atoms with E-state index in [0.29, 0.717) is 5.56 Å². The highest BCUT2D eigenvalue weighted by Crippen LogP contribution is 2.39. The predicted molar refractivity (Wildman–Crippen MR) is 163 cm³/mol. The maximum absolute atomic E-state index is 13.4. The Kier molecular flexibility index (Phi) is 9.39. The second kappa shape index (κ2) is 13.6. The Bertz CT molecular complexity index is 1650. The molecule has 0 aromatic heterocycles. The van der Waals surface area contributed by atoms with Crippen molar-refractivity contribution in [1.82, 2.24) is 0 Å². The van der Waals surface area contributed by atoms with E-state index in [1.165, 1.54) is 6.92 Å². The Morgan fingerprint density at radius 3 is 1.58 bits per heavy atom. The number of esters is 4. The summed E-state index contributed by atoms with van der Waals surface area (Å²) in [6.45, 7) is 4.81. The summed E-state index contributed by atoms with van der Waals surface area (Å²) in [5, 5.41) is 0. The first-order valence-electron chi connectivity index (χ1n) is 14.4. The molecule has 9 nitrogen and oxygen atoms in total. The van der Waals surface area contributed by atoms with Gasteiger partial charge in [0, 0.05) is 0 Å². The summed E-state index contributed by atoms with van der Waals surface area (Å²) in [6.07, 6.45) is -4.09. The topological polar surface area (TPSA) is 114 Å². The molecule has 5 rings (SSSR count). The molecule has 0 N–H and O–H groups in total. The Morgan fingerprint density at radius 1 is 0.600 bits per heavy atom. The van der Waals surface area contributed by atoms with Gasteiger partial charge in [-0.15, -0.1) is 0 Å². The van der Waals surface area contributed by atoms with E-state index in [1.54, 1.807) is 109 Å². The third-order valence-corrected chi connectivity index (χ3v) is 7.40. The Hall–Kier alpha value is -5.28. The maximum Gasteiger partial charge on any atom is 0.340 e. The standard InChI is InChI=1S/C36H32O9/c1-23-14-18-27(19-15-23)31(37)41-22-29-30(43-32(38)28-20-16-24(2)17-21-28)36(3,45-34(40)26-12-8-5-9-13-26)35(42-29)44-33(39)25-10-6-4-7-11-25/h4-21,29-30,35H,22H2,1-3H3/t29-,30-,35+,36-/m1/s1. The third-order valence-electron chi connectivity index (χ3n) is 7.40. The number of carbonyl (C=O) groups is 4. The van der Waals surface area contributed by atoms with Crippen molar-refractivity contribution in [2.45, 2.75) is 44.9 Å². The van der Waals surface area contributed by atoms with Crippen molar-refractivity contribution in [2.24, 2.45) is 0 Å². The number of rotatable bonds is 9. The molecule has 4 aromatic rings. The molecule has 1 saturated heterocycles. The van der Waals surface area contributed by atoms with Crippen LogP contribution in [0.1, 0.15) is 59.5 Å². The van der Waals surface area contributed by atoms with Crippen LogP contribution in [0.4, 0.5) is 0 Å². The van der Waals surface area contributed by atoms with Gasteiger partial charge in [0.1, 0.15) is 12.7 Å². The van der Waals surface area contributed by atoms with Crippen molar-refractivity contribution in [3.63, 3.8) is 0 Å². The summed E-state index contributed by atoms with van der Waals surface area (Å²) < 4.78 is 29.4. The average Bonchev–Trinajstić information content (AvgIpc) is 3.30. The molecule has 0 radical (unpaired) electrons. The number of benzene rings is 4. The second-order valence-electron chi connectivity index (χ2n) is 10.9. The molecule has 1 fully saturated rings. The molecule has 0 amide bonds. The molecule has 230 valence electrons. The Morgan fingerprint density at radius 2 is 1.04 bits per heavy atom. The number of ether oxygens (including phenoxy) is 5. The SMILES string of the molecule is Cc1ccc(C(=O)OC[C@H]2O[C@@H](OC(=O)c3ccccc3)[C@](C)(OC(=O)c3ccccc3)[C@@H]2OC(=O)c2ccc(C)cc2)cc1. The van der Waals surface area contributed by atoms with Crippen molar-refractivity contribution < 1.29 is 42.9 Å². The van der Waals surface area contributed by atoms with Crippen LogP contribution < -0.4 is 0 Å². The average molecular weight is 609 g/mol. The molecule has 0 aliphatic carbocycles.